The van der Waals surface area contributed by atoms with Crippen molar-refractivity contribution in [3.63, 3.8) is 0 Å². The minimum atomic E-state index is -0.618. The topological polar surface area (TPSA) is 118 Å². The van der Waals surface area contributed by atoms with E-state index in [1.165, 1.54) is 23.1 Å². The molecule has 0 saturated carbocycles. The van der Waals surface area contributed by atoms with Gasteiger partial charge in [0.2, 0.25) is 0 Å². The molecule has 4 N–H and O–H groups in total. The molecule has 0 radical (unpaired) electrons. The first-order chi connectivity index (χ1) is 12.4. The lowest BCUT2D eigenvalue weighted by Gasteiger charge is -2.50. The lowest BCUT2D eigenvalue weighted by molar-refractivity contribution is 0.0800. The van der Waals surface area contributed by atoms with Crippen LogP contribution in [0.4, 0.5) is 17.3 Å². The second kappa shape index (κ2) is 5.87. The van der Waals surface area contributed by atoms with Gasteiger partial charge in [-0.25, -0.2) is 14.6 Å². The third-order valence-corrected chi connectivity index (χ3v) is 5.06. The summed E-state index contributed by atoms with van der Waals surface area (Å²) in [7, 11) is 0. The number of hydrogen-bond donors (Lipinski definition) is 3. The van der Waals surface area contributed by atoms with Gasteiger partial charge >= 0.3 is 0 Å². The van der Waals surface area contributed by atoms with Crippen LogP contribution in [0.25, 0.3) is 0 Å². The van der Waals surface area contributed by atoms with E-state index in [0.717, 1.165) is 19.3 Å². The molecule has 10 heteroatoms. The van der Waals surface area contributed by atoms with Crippen molar-refractivity contribution in [2.45, 2.75) is 31.8 Å². The van der Waals surface area contributed by atoms with Gasteiger partial charge < -0.3 is 16.4 Å². The summed E-state index contributed by atoms with van der Waals surface area (Å²) in [6.07, 6.45) is 3.95. The summed E-state index contributed by atoms with van der Waals surface area (Å²) in [5, 5.41) is 7.96. The van der Waals surface area contributed by atoms with Gasteiger partial charge in [-0.05, 0) is 32.3 Å². The van der Waals surface area contributed by atoms with E-state index in [1.807, 2.05) is 11.9 Å². The van der Waals surface area contributed by atoms with Gasteiger partial charge in [-0.2, -0.15) is 0 Å². The van der Waals surface area contributed by atoms with E-state index in [-0.39, 0.29) is 33.7 Å². The van der Waals surface area contributed by atoms with Gasteiger partial charge in [-0.15, -0.1) is 0 Å². The number of aromatic nitrogens is 3. The van der Waals surface area contributed by atoms with Gasteiger partial charge in [0.25, 0.3) is 11.5 Å². The van der Waals surface area contributed by atoms with Crippen molar-refractivity contribution in [3.05, 3.63) is 39.5 Å². The molecule has 2 aliphatic rings. The summed E-state index contributed by atoms with van der Waals surface area (Å²) >= 11 is 6.34. The standard InChI is InChI=1S/C16H18ClN7O2/c1-16-4-2-3-5-23(16)24-13(14(25)22-16)9(17)6-10(15(24)26)21-12-7-11(18)19-8-20-12/h6-8H,2-5H2,1H3,(H,22,25)(H3,18,19,20,21). The van der Waals surface area contributed by atoms with Crippen LogP contribution in [0.1, 0.15) is 36.7 Å². The first-order valence-corrected chi connectivity index (χ1v) is 8.67. The molecule has 4 heterocycles. The zero-order chi connectivity index (χ0) is 18.5. The van der Waals surface area contributed by atoms with E-state index < -0.39 is 5.66 Å². The predicted octanol–water partition coefficient (Wildman–Crippen LogP) is 1.20. The van der Waals surface area contributed by atoms with Crippen LogP contribution in [-0.2, 0) is 0 Å². The molecule has 9 nitrogen and oxygen atoms in total. The Morgan fingerprint density at radius 2 is 2.12 bits per heavy atom. The van der Waals surface area contributed by atoms with Crippen LogP contribution in [-0.4, -0.2) is 32.8 Å². The Labute approximate surface area is 154 Å². The molecular weight excluding hydrogens is 358 g/mol. The van der Waals surface area contributed by atoms with Crippen LogP contribution < -0.4 is 26.9 Å². The maximum atomic E-state index is 13.1. The Morgan fingerprint density at radius 1 is 1.31 bits per heavy atom. The van der Waals surface area contributed by atoms with Gasteiger partial charge in [-0.3, -0.25) is 14.6 Å². The quantitative estimate of drug-likeness (QED) is 0.721. The second-order valence-corrected chi connectivity index (χ2v) is 7.04. The Hall–Kier alpha value is -2.81. The Morgan fingerprint density at radius 3 is 2.88 bits per heavy atom. The minimum absolute atomic E-state index is 0.142. The van der Waals surface area contributed by atoms with Gasteiger partial charge in [0.05, 0.1) is 5.02 Å². The van der Waals surface area contributed by atoms with Crippen LogP contribution in [0.15, 0.2) is 23.3 Å². The molecule has 2 aromatic rings. The number of nitrogens with two attached hydrogens (primary N) is 1. The van der Waals surface area contributed by atoms with E-state index in [0.29, 0.717) is 12.4 Å². The number of pyridine rings is 1. The first-order valence-electron chi connectivity index (χ1n) is 8.29. The molecule has 4 rings (SSSR count). The molecular formula is C16H18ClN7O2. The van der Waals surface area contributed by atoms with E-state index in [4.69, 9.17) is 17.3 Å². The number of carbonyl (C=O) groups is 1. The van der Waals surface area contributed by atoms with E-state index in [1.54, 1.807) is 0 Å². The maximum absolute atomic E-state index is 13.1. The summed E-state index contributed by atoms with van der Waals surface area (Å²) in [4.78, 5) is 33.6. The van der Waals surface area contributed by atoms with E-state index in [9.17, 15) is 9.59 Å². The summed E-state index contributed by atoms with van der Waals surface area (Å²) in [5.41, 5.74) is 5.01. The van der Waals surface area contributed by atoms with Crippen LogP contribution in [0, 0.1) is 0 Å². The van der Waals surface area contributed by atoms with Crippen LogP contribution >= 0.6 is 11.6 Å². The van der Waals surface area contributed by atoms with E-state index >= 15 is 0 Å². The van der Waals surface area contributed by atoms with Gasteiger partial charge in [0.15, 0.2) is 0 Å². The van der Waals surface area contributed by atoms with Gasteiger partial charge in [0.1, 0.15) is 35.0 Å². The number of carbonyl (C=O) groups excluding carboxylic acids is 1. The number of hydrogen-bond acceptors (Lipinski definition) is 7. The highest BCUT2D eigenvalue weighted by Crippen LogP contribution is 2.31. The average molecular weight is 376 g/mol. The van der Waals surface area contributed by atoms with Crippen molar-refractivity contribution in [2.24, 2.45) is 0 Å². The number of nitrogens with one attached hydrogen (secondary N) is 2. The predicted molar refractivity (Wildman–Crippen MR) is 98.2 cm³/mol. The van der Waals surface area contributed by atoms with E-state index in [2.05, 4.69) is 20.6 Å². The number of piperidine rings is 1. The number of nitrogens with zero attached hydrogens (tertiary/aromatic N) is 4. The molecule has 0 bridgehead atoms. The van der Waals surface area contributed by atoms with Crippen molar-refractivity contribution in [1.29, 1.82) is 0 Å². The molecule has 0 aliphatic carbocycles. The SMILES string of the molecule is CC12CCCCN1n1c(c(Cl)cc(Nc3cc(N)ncn3)c1=O)C(=O)N2. The average Bonchev–Trinajstić information content (AvgIpc) is 2.57. The van der Waals surface area contributed by atoms with Crippen molar-refractivity contribution < 1.29 is 4.79 Å². The molecule has 1 atom stereocenters. The summed E-state index contributed by atoms with van der Waals surface area (Å²) < 4.78 is 1.38. The zero-order valence-electron chi connectivity index (χ0n) is 14.1. The fourth-order valence-corrected chi connectivity index (χ4v) is 3.81. The number of nitrogen functional groups attached to an aromatic ring is 1. The minimum Gasteiger partial charge on any atom is -0.384 e. The Balaban J connectivity index is 1.85. The molecule has 1 unspecified atom stereocenters. The summed E-state index contributed by atoms with van der Waals surface area (Å²) in [6, 6.07) is 2.94. The lowest BCUT2D eigenvalue weighted by Crippen LogP contribution is -2.71. The fourth-order valence-electron chi connectivity index (χ4n) is 3.53. The Bertz CT molecular complexity index is 960. The van der Waals surface area contributed by atoms with Crippen LogP contribution in [0.3, 0.4) is 0 Å². The van der Waals surface area contributed by atoms with Crippen molar-refractivity contribution in [3.8, 4) is 0 Å². The molecule has 0 aromatic carbocycles. The number of fused-ring (bicyclic) bond motifs is 3. The molecule has 1 saturated heterocycles. The molecule has 2 aromatic heterocycles. The van der Waals surface area contributed by atoms with Gasteiger partial charge in [-0.1, -0.05) is 11.6 Å². The highest BCUT2D eigenvalue weighted by atomic mass is 35.5. The summed E-state index contributed by atoms with van der Waals surface area (Å²) in [5.74, 6) is 0.285. The highest BCUT2D eigenvalue weighted by molar-refractivity contribution is 6.34. The monoisotopic (exact) mass is 375 g/mol. The molecule has 0 spiro atoms. The second-order valence-electron chi connectivity index (χ2n) is 6.63. The van der Waals surface area contributed by atoms with Crippen molar-refractivity contribution in [1.82, 2.24) is 20.0 Å². The summed E-state index contributed by atoms with van der Waals surface area (Å²) in [6.45, 7) is 2.56. The molecule has 2 aliphatic heterocycles. The molecule has 1 fully saturated rings. The number of anilines is 3. The highest BCUT2D eigenvalue weighted by Gasteiger charge is 2.43. The maximum Gasteiger partial charge on any atom is 0.293 e. The van der Waals surface area contributed by atoms with Crippen molar-refractivity contribution in [2.75, 3.05) is 22.6 Å². The van der Waals surface area contributed by atoms with Crippen molar-refractivity contribution >= 4 is 34.8 Å². The van der Waals surface area contributed by atoms with Crippen LogP contribution in [0.2, 0.25) is 5.02 Å². The smallest absolute Gasteiger partial charge is 0.293 e. The third kappa shape index (κ3) is 2.55. The normalized spacial score (nSPS) is 21.6. The number of halogens is 1. The molecule has 136 valence electrons. The fraction of sp³-hybridized carbons (Fsp3) is 0.375. The Kier molecular flexibility index (Phi) is 3.76. The molecule has 1 amide bonds. The first kappa shape index (κ1) is 16.6. The number of amides is 1. The third-order valence-electron chi connectivity index (χ3n) is 4.78. The zero-order valence-corrected chi connectivity index (χ0v) is 14.9. The number of rotatable bonds is 2. The molecule has 26 heavy (non-hydrogen) atoms. The lowest BCUT2D eigenvalue weighted by atomic mass is 9.97. The van der Waals surface area contributed by atoms with Crippen LogP contribution in [0.5, 0.6) is 0 Å². The largest absolute Gasteiger partial charge is 0.384 e. The van der Waals surface area contributed by atoms with Gasteiger partial charge in [0, 0.05) is 12.6 Å².